The summed E-state index contributed by atoms with van der Waals surface area (Å²) in [5, 5.41) is 12.9. The van der Waals surface area contributed by atoms with Crippen LogP contribution in [-0.4, -0.2) is 58.2 Å². The SMILES string of the molecule is CCNC(=NCCS(=O)Cc1ccccc1)N1CCC(O)CC1.I. The van der Waals surface area contributed by atoms with Gasteiger partial charge in [-0.3, -0.25) is 9.20 Å². The second-order valence-electron chi connectivity index (χ2n) is 5.73. The predicted octanol–water partition coefficient (Wildman–Crippen LogP) is 1.98. The van der Waals surface area contributed by atoms with Gasteiger partial charge in [0.2, 0.25) is 0 Å². The number of guanidine groups is 1. The number of aliphatic imine (C=N–C) groups is 1. The first-order valence-corrected chi connectivity index (χ1v) is 9.78. The van der Waals surface area contributed by atoms with E-state index in [0.29, 0.717) is 18.1 Å². The fraction of sp³-hybridized carbons (Fsp3) is 0.588. The molecule has 1 fully saturated rings. The van der Waals surface area contributed by atoms with Crippen LogP contribution in [0.2, 0.25) is 0 Å². The van der Waals surface area contributed by atoms with Gasteiger partial charge in [-0.05, 0) is 25.3 Å². The van der Waals surface area contributed by atoms with Gasteiger partial charge in [0.25, 0.3) is 0 Å². The summed E-state index contributed by atoms with van der Waals surface area (Å²) in [4.78, 5) is 6.78. The third-order valence-electron chi connectivity index (χ3n) is 3.85. The van der Waals surface area contributed by atoms with Crippen LogP contribution >= 0.6 is 24.0 Å². The van der Waals surface area contributed by atoms with Crippen molar-refractivity contribution >= 4 is 40.7 Å². The van der Waals surface area contributed by atoms with Crippen molar-refractivity contribution in [2.24, 2.45) is 4.99 Å². The number of benzene rings is 1. The van der Waals surface area contributed by atoms with Gasteiger partial charge < -0.3 is 15.3 Å². The number of hydrogen-bond acceptors (Lipinski definition) is 3. The summed E-state index contributed by atoms with van der Waals surface area (Å²) >= 11 is 0. The van der Waals surface area contributed by atoms with E-state index in [1.54, 1.807) is 0 Å². The number of likely N-dealkylation sites (tertiary alicyclic amines) is 1. The van der Waals surface area contributed by atoms with E-state index in [1.165, 1.54) is 0 Å². The van der Waals surface area contributed by atoms with E-state index in [2.05, 4.69) is 15.2 Å². The standard InChI is InChI=1S/C17H27N3O2S.HI/c1-2-18-17(20-11-8-16(21)9-12-20)19-10-13-23(22)14-15-6-4-3-5-7-15;/h3-7,16,21H,2,8-14H2,1H3,(H,18,19);1H. The average Bonchev–Trinajstić information content (AvgIpc) is 2.56. The normalized spacial score (nSPS) is 17.2. The molecule has 2 rings (SSSR count). The van der Waals surface area contributed by atoms with Gasteiger partial charge in [-0.15, -0.1) is 24.0 Å². The largest absolute Gasteiger partial charge is 0.393 e. The summed E-state index contributed by atoms with van der Waals surface area (Å²) in [5.41, 5.74) is 1.10. The van der Waals surface area contributed by atoms with Crippen molar-refractivity contribution < 1.29 is 9.32 Å². The van der Waals surface area contributed by atoms with Gasteiger partial charge in [-0.2, -0.15) is 0 Å². The Bertz CT molecular complexity index is 520. The van der Waals surface area contributed by atoms with Crippen LogP contribution in [0.15, 0.2) is 35.3 Å². The molecule has 0 aromatic heterocycles. The molecule has 0 aliphatic carbocycles. The van der Waals surface area contributed by atoms with Gasteiger partial charge in [0, 0.05) is 41.9 Å². The zero-order valence-electron chi connectivity index (χ0n) is 14.2. The number of piperidine rings is 1. The minimum atomic E-state index is -0.895. The lowest BCUT2D eigenvalue weighted by molar-refractivity contribution is 0.108. The van der Waals surface area contributed by atoms with Crippen LogP contribution in [-0.2, 0) is 16.6 Å². The first-order chi connectivity index (χ1) is 11.2. The summed E-state index contributed by atoms with van der Waals surface area (Å²) in [7, 11) is -0.895. The molecule has 1 aromatic rings. The van der Waals surface area contributed by atoms with E-state index >= 15 is 0 Å². The maximum atomic E-state index is 12.1. The van der Waals surface area contributed by atoms with Crippen molar-refractivity contribution in [2.75, 3.05) is 31.9 Å². The fourth-order valence-corrected chi connectivity index (χ4v) is 3.59. The summed E-state index contributed by atoms with van der Waals surface area (Å²) in [5.74, 6) is 2.03. The molecule has 0 radical (unpaired) electrons. The number of aliphatic hydroxyl groups excluding tert-OH is 1. The van der Waals surface area contributed by atoms with Crippen LogP contribution in [0.3, 0.4) is 0 Å². The molecule has 1 heterocycles. The molecule has 24 heavy (non-hydrogen) atoms. The highest BCUT2D eigenvalue weighted by atomic mass is 127. The highest BCUT2D eigenvalue weighted by molar-refractivity contribution is 14.0. The highest BCUT2D eigenvalue weighted by Gasteiger charge is 2.19. The van der Waals surface area contributed by atoms with E-state index in [4.69, 9.17) is 0 Å². The lowest BCUT2D eigenvalue weighted by Gasteiger charge is -2.32. The van der Waals surface area contributed by atoms with Crippen molar-refractivity contribution in [3.63, 3.8) is 0 Å². The summed E-state index contributed by atoms with van der Waals surface area (Å²) in [6.45, 7) is 5.05. The zero-order valence-corrected chi connectivity index (χ0v) is 17.3. The third-order valence-corrected chi connectivity index (χ3v) is 5.14. The fourth-order valence-electron chi connectivity index (χ4n) is 2.59. The Kier molecular flexibility index (Phi) is 10.5. The maximum absolute atomic E-state index is 12.1. The molecule has 1 saturated heterocycles. The molecule has 1 aromatic carbocycles. The van der Waals surface area contributed by atoms with Gasteiger partial charge in [0.15, 0.2) is 5.96 Å². The Morgan fingerprint density at radius 3 is 2.62 bits per heavy atom. The van der Waals surface area contributed by atoms with Crippen LogP contribution in [0.5, 0.6) is 0 Å². The molecular weight excluding hydrogens is 437 g/mol. The Morgan fingerprint density at radius 2 is 2.00 bits per heavy atom. The van der Waals surface area contributed by atoms with Gasteiger partial charge in [0.1, 0.15) is 0 Å². The smallest absolute Gasteiger partial charge is 0.193 e. The van der Waals surface area contributed by atoms with E-state index in [-0.39, 0.29) is 30.1 Å². The number of aliphatic hydroxyl groups is 1. The number of nitrogens with zero attached hydrogens (tertiary/aromatic N) is 2. The Hall–Kier alpha value is -0.670. The van der Waals surface area contributed by atoms with Crippen molar-refractivity contribution in [1.29, 1.82) is 0 Å². The Labute approximate surface area is 164 Å². The van der Waals surface area contributed by atoms with E-state index in [1.807, 2.05) is 37.3 Å². The Morgan fingerprint density at radius 1 is 1.33 bits per heavy atom. The maximum Gasteiger partial charge on any atom is 0.193 e. The quantitative estimate of drug-likeness (QED) is 0.383. The molecule has 5 nitrogen and oxygen atoms in total. The van der Waals surface area contributed by atoms with Crippen LogP contribution in [0.1, 0.15) is 25.3 Å². The topological polar surface area (TPSA) is 64.9 Å². The molecule has 0 bridgehead atoms. The summed E-state index contributed by atoms with van der Waals surface area (Å²) in [6, 6.07) is 9.92. The lowest BCUT2D eigenvalue weighted by Crippen LogP contribution is -2.46. The van der Waals surface area contributed by atoms with Crippen LogP contribution < -0.4 is 5.32 Å². The molecule has 1 unspecified atom stereocenters. The first-order valence-electron chi connectivity index (χ1n) is 8.29. The van der Waals surface area contributed by atoms with E-state index in [0.717, 1.165) is 44.0 Å². The second kappa shape index (κ2) is 11.8. The number of rotatable bonds is 6. The predicted molar refractivity (Wildman–Crippen MR) is 111 cm³/mol. The van der Waals surface area contributed by atoms with Gasteiger partial charge in [-0.1, -0.05) is 30.3 Å². The highest BCUT2D eigenvalue weighted by Crippen LogP contribution is 2.10. The zero-order chi connectivity index (χ0) is 16.5. The molecule has 0 saturated carbocycles. The van der Waals surface area contributed by atoms with Crippen molar-refractivity contribution in [3.8, 4) is 0 Å². The third kappa shape index (κ3) is 7.48. The van der Waals surface area contributed by atoms with Crippen molar-refractivity contribution in [2.45, 2.75) is 31.6 Å². The van der Waals surface area contributed by atoms with Crippen molar-refractivity contribution in [3.05, 3.63) is 35.9 Å². The molecular formula is C17H28IN3O2S. The molecule has 136 valence electrons. The molecule has 1 aliphatic rings. The van der Waals surface area contributed by atoms with Gasteiger partial charge in [0.05, 0.1) is 12.6 Å². The first kappa shape index (κ1) is 21.4. The number of hydrogen-bond donors (Lipinski definition) is 2. The minimum absolute atomic E-state index is 0. The molecule has 1 atom stereocenters. The molecule has 0 amide bonds. The Balaban J connectivity index is 0.00000288. The second-order valence-corrected chi connectivity index (χ2v) is 7.30. The van der Waals surface area contributed by atoms with Crippen LogP contribution in [0, 0.1) is 0 Å². The average molecular weight is 465 g/mol. The van der Waals surface area contributed by atoms with Gasteiger partial charge >= 0.3 is 0 Å². The monoisotopic (exact) mass is 465 g/mol. The van der Waals surface area contributed by atoms with E-state index < -0.39 is 10.8 Å². The lowest BCUT2D eigenvalue weighted by atomic mass is 10.1. The van der Waals surface area contributed by atoms with E-state index in [9.17, 15) is 9.32 Å². The molecule has 7 heteroatoms. The van der Waals surface area contributed by atoms with Crippen LogP contribution in [0.25, 0.3) is 0 Å². The molecule has 1 aliphatic heterocycles. The summed E-state index contributed by atoms with van der Waals surface area (Å²) < 4.78 is 12.1. The molecule has 2 N–H and O–H groups in total. The minimum Gasteiger partial charge on any atom is -0.393 e. The number of nitrogens with one attached hydrogen (secondary N) is 1. The molecule has 0 spiro atoms. The number of halogens is 1. The van der Waals surface area contributed by atoms with Crippen molar-refractivity contribution in [1.82, 2.24) is 10.2 Å². The summed E-state index contributed by atoms with van der Waals surface area (Å²) in [6.07, 6.45) is 1.38. The van der Waals surface area contributed by atoms with Crippen LogP contribution in [0.4, 0.5) is 0 Å². The van der Waals surface area contributed by atoms with Gasteiger partial charge in [-0.25, -0.2) is 0 Å².